The molecule has 1 amide bonds. The van der Waals surface area contributed by atoms with Gasteiger partial charge in [0.15, 0.2) is 0 Å². The van der Waals surface area contributed by atoms with Crippen LogP contribution < -0.4 is 5.32 Å². The quantitative estimate of drug-likeness (QED) is 0.800. The molecule has 1 N–H and O–H groups in total. The van der Waals surface area contributed by atoms with Crippen LogP contribution in [0.1, 0.15) is 32.5 Å². The van der Waals surface area contributed by atoms with E-state index in [0.717, 1.165) is 0 Å². The van der Waals surface area contributed by atoms with Crippen LogP contribution in [-0.4, -0.2) is 27.9 Å². The van der Waals surface area contributed by atoms with Crippen LogP contribution in [0.15, 0.2) is 18.6 Å². The summed E-state index contributed by atoms with van der Waals surface area (Å²) in [5.41, 5.74) is -0.242. The zero-order valence-electron chi connectivity index (χ0n) is 10.0. The Balaban J connectivity index is 2.66. The Morgan fingerprint density at radius 3 is 2.65 bits per heavy atom. The fraction of sp³-hybridized carbons (Fsp3) is 0.455. The maximum atomic E-state index is 11.5. The Morgan fingerprint density at radius 1 is 1.47 bits per heavy atom. The molecule has 0 bridgehead atoms. The van der Waals surface area contributed by atoms with E-state index in [1.807, 2.05) is 0 Å². The molecular weight excluding hydrogens is 222 g/mol. The van der Waals surface area contributed by atoms with E-state index in [1.54, 1.807) is 20.8 Å². The average Bonchev–Trinajstić information content (AvgIpc) is 2.24. The van der Waals surface area contributed by atoms with Crippen molar-refractivity contribution in [3.8, 4) is 0 Å². The molecule has 1 unspecified atom stereocenters. The normalized spacial score (nSPS) is 12.6. The smallest absolute Gasteiger partial charge is 0.408 e. The van der Waals surface area contributed by atoms with E-state index in [-0.39, 0.29) is 0 Å². The van der Waals surface area contributed by atoms with Crippen molar-refractivity contribution in [2.24, 2.45) is 0 Å². The number of rotatable bonds is 3. The van der Waals surface area contributed by atoms with Gasteiger partial charge in [0.1, 0.15) is 17.9 Å². The number of ether oxygens (including phenoxy) is 1. The molecule has 0 spiro atoms. The fourth-order valence-electron chi connectivity index (χ4n) is 1.08. The molecule has 0 saturated carbocycles. The summed E-state index contributed by atoms with van der Waals surface area (Å²) in [7, 11) is 0. The van der Waals surface area contributed by atoms with Crippen molar-refractivity contribution >= 4 is 12.4 Å². The lowest BCUT2D eigenvalue weighted by Crippen LogP contribution is -2.35. The second-order valence-electron chi connectivity index (χ2n) is 4.39. The molecule has 6 nitrogen and oxygen atoms in total. The number of hydrogen-bond donors (Lipinski definition) is 1. The molecule has 0 aromatic carbocycles. The van der Waals surface area contributed by atoms with E-state index in [2.05, 4.69) is 15.3 Å². The number of carbonyl (C=O) groups excluding carboxylic acids is 2. The van der Waals surface area contributed by atoms with Crippen molar-refractivity contribution in [1.29, 1.82) is 0 Å². The van der Waals surface area contributed by atoms with Crippen molar-refractivity contribution in [3.05, 3.63) is 24.3 Å². The van der Waals surface area contributed by atoms with Gasteiger partial charge in [-0.25, -0.2) is 4.79 Å². The molecule has 1 aromatic rings. The molecule has 92 valence electrons. The Bertz CT molecular complexity index is 387. The molecule has 0 aliphatic rings. The highest BCUT2D eigenvalue weighted by molar-refractivity contribution is 5.74. The first-order valence-corrected chi connectivity index (χ1v) is 5.13. The standard InChI is InChI=1S/C11H15N3O3/c1-11(2,3)17-10(16)14-9(7-15)8-6-12-4-5-13-8/h4-7,9H,1-3H3,(H,14,16). The number of hydrogen-bond acceptors (Lipinski definition) is 5. The zero-order valence-corrected chi connectivity index (χ0v) is 10.0. The Kier molecular flexibility index (Phi) is 4.14. The third kappa shape index (κ3) is 4.58. The SMILES string of the molecule is CC(C)(C)OC(=O)NC(C=O)c1cnccn1. The van der Waals surface area contributed by atoms with Crippen LogP contribution in [0.25, 0.3) is 0 Å². The molecule has 1 heterocycles. The van der Waals surface area contributed by atoms with E-state index < -0.39 is 17.7 Å². The van der Waals surface area contributed by atoms with Crippen LogP contribution >= 0.6 is 0 Å². The van der Waals surface area contributed by atoms with Crippen LogP contribution in [0.4, 0.5) is 4.79 Å². The lowest BCUT2D eigenvalue weighted by atomic mass is 10.2. The summed E-state index contributed by atoms with van der Waals surface area (Å²) in [5.74, 6) is 0. The number of carbonyl (C=O) groups is 2. The van der Waals surface area contributed by atoms with Gasteiger partial charge >= 0.3 is 6.09 Å². The lowest BCUT2D eigenvalue weighted by Gasteiger charge is -2.21. The monoisotopic (exact) mass is 237 g/mol. The van der Waals surface area contributed by atoms with Crippen LogP contribution in [-0.2, 0) is 9.53 Å². The van der Waals surface area contributed by atoms with Crippen LogP contribution in [0.2, 0.25) is 0 Å². The van der Waals surface area contributed by atoms with E-state index >= 15 is 0 Å². The number of aldehydes is 1. The van der Waals surface area contributed by atoms with Gasteiger partial charge in [0, 0.05) is 12.4 Å². The molecular formula is C11H15N3O3. The van der Waals surface area contributed by atoms with Gasteiger partial charge in [0.25, 0.3) is 0 Å². The third-order valence-corrected chi connectivity index (χ3v) is 1.71. The molecule has 0 aliphatic carbocycles. The van der Waals surface area contributed by atoms with Gasteiger partial charge in [-0.1, -0.05) is 0 Å². The van der Waals surface area contributed by atoms with Crippen molar-refractivity contribution in [2.75, 3.05) is 0 Å². The molecule has 0 fully saturated rings. The van der Waals surface area contributed by atoms with E-state index in [9.17, 15) is 9.59 Å². The molecule has 1 rings (SSSR count). The second-order valence-corrected chi connectivity index (χ2v) is 4.39. The summed E-state index contributed by atoms with van der Waals surface area (Å²) in [4.78, 5) is 30.1. The number of aromatic nitrogens is 2. The highest BCUT2D eigenvalue weighted by Gasteiger charge is 2.20. The Hall–Kier alpha value is -1.98. The lowest BCUT2D eigenvalue weighted by molar-refractivity contribution is -0.109. The third-order valence-electron chi connectivity index (χ3n) is 1.71. The van der Waals surface area contributed by atoms with Crippen LogP contribution in [0, 0.1) is 0 Å². The van der Waals surface area contributed by atoms with Gasteiger partial charge in [-0.2, -0.15) is 0 Å². The fourth-order valence-corrected chi connectivity index (χ4v) is 1.08. The molecule has 0 saturated heterocycles. The topological polar surface area (TPSA) is 81.2 Å². The highest BCUT2D eigenvalue weighted by Crippen LogP contribution is 2.10. The molecule has 1 atom stereocenters. The van der Waals surface area contributed by atoms with Gasteiger partial charge in [-0.05, 0) is 20.8 Å². The maximum Gasteiger partial charge on any atom is 0.408 e. The number of nitrogens with zero attached hydrogens (tertiary/aromatic N) is 2. The molecule has 0 radical (unpaired) electrons. The Labute approximate surface area is 99.4 Å². The summed E-state index contributed by atoms with van der Waals surface area (Å²) < 4.78 is 5.03. The van der Waals surface area contributed by atoms with Gasteiger partial charge in [-0.3, -0.25) is 9.97 Å². The van der Waals surface area contributed by atoms with E-state index in [0.29, 0.717) is 12.0 Å². The number of alkyl carbamates (subject to hydrolysis) is 1. The minimum atomic E-state index is -0.849. The summed E-state index contributed by atoms with van der Waals surface area (Å²) >= 11 is 0. The molecule has 0 aliphatic heterocycles. The predicted octanol–water partition coefficient (Wildman–Crippen LogP) is 1.24. The highest BCUT2D eigenvalue weighted by atomic mass is 16.6. The van der Waals surface area contributed by atoms with Crippen molar-refractivity contribution in [3.63, 3.8) is 0 Å². The zero-order chi connectivity index (χ0) is 12.9. The number of amides is 1. The molecule has 1 aromatic heterocycles. The molecule has 17 heavy (non-hydrogen) atoms. The van der Waals surface area contributed by atoms with Crippen molar-refractivity contribution < 1.29 is 14.3 Å². The maximum absolute atomic E-state index is 11.5. The molecule has 6 heteroatoms. The summed E-state index contributed by atoms with van der Waals surface area (Å²) in [6.45, 7) is 5.22. The average molecular weight is 237 g/mol. The van der Waals surface area contributed by atoms with Gasteiger partial charge in [0.2, 0.25) is 0 Å². The van der Waals surface area contributed by atoms with Crippen LogP contribution in [0.5, 0.6) is 0 Å². The minimum absolute atomic E-state index is 0.369. The predicted molar refractivity (Wildman–Crippen MR) is 60.2 cm³/mol. The van der Waals surface area contributed by atoms with E-state index in [1.165, 1.54) is 18.6 Å². The summed E-state index contributed by atoms with van der Waals surface area (Å²) in [5, 5.41) is 2.41. The first-order chi connectivity index (χ1) is 7.92. The first-order valence-electron chi connectivity index (χ1n) is 5.13. The summed E-state index contributed by atoms with van der Waals surface area (Å²) in [6, 6.07) is -0.849. The van der Waals surface area contributed by atoms with Crippen molar-refractivity contribution in [1.82, 2.24) is 15.3 Å². The summed E-state index contributed by atoms with van der Waals surface area (Å²) in [6.07, 6.45) is 4.26. The van der Waals surface area contributed by atoms with Gasteiger partial charge in [0.05, 0.1) is 11.9 Å². The van der Waals surface area contributed by atoms with Crippen molar-refractivity contribution in [2.45, 2.75) is 32.4 Å². The largest absolute Gasteiger partial charge is 0.444 e. The second kappa shape index (κ2) is 5.38. The van der Waals surface area contributed by atoms with Gasteiger partial charge < -0.3 is 14.8 Å². The number of nitrogens with one attached hydrogen (secondary N) is 1. The van der Waals surface area contributed by atoms with Gasteiger partial charge in [-0.15, -0.1) is 0 Å². The first kappa shape index (κ1) is 13.1. The minimum Gasteiger partial charge on any atom is -0.444 e. The van der Waals surface area contributed by atoms with Crippen LogP contribution in [0.3, 0.4) is 0 Å². The Morgan fingerprint density at radius 2 is 2.18 bits per heavy atom. The van der Waals surface area contributed by atoms with E-state index in [4.69, 9.17) is 4.74 Å².